The summed E-state index contributed by atoms with van der Waals surface area (Å²) in [5.41, 5.74) is 11.2. The van der Waals surface area contributed by atoms with Gasteiger partial charge in [0.1, 0.15) is 5.54 Å². The second kappa shape index (κ2) is 6.83. The Morgan fingerprint density at radius 1 is 1.40 bits per heavy atom. The van der Waals surface area contributed by atoms with Gasteiger partial charge in [-0.1, -0.05) is 30.3 Å². The molecule has 0 aliphatic carbocycles. The van der Waals surface area contributed by atoms with Crippen LogP contribution in [0.4, 0.5) is 0 Å². The van der Waals surface area contributed by atoms with E-state index in [1.807, 2.05) is 30.3 Å². The van der Waals surface area contributed by atoms with Crippen molar-refractivity contribution in [1.82, 2.24) is 0 Å². The number of ether oxygens (including phenoxy) is 2. The van der Waals surface area contributed by atoms with Crippen molar-refractivity contribution in [3.63, 3.8) is 0 Å². The van der Waals surface area contributed by atoms with E-state index in [0.29, 0.717) is 25.2 Å². The number of primary amides is 1. The quantitative estimate of drug-likeness (QED) is 0.726. The lowest BCUT2D eigenvalue weighted by atomic mass is 9.87. The van der Waals surface area contributed by atoms with Crippen LogP contribution < -0.4 is 11.5 Å². The van der Waals surface area contributed by atoms with Crippen LogP contribution in [-0.2, 0) is 19.8 Å². The van der Waals surface area contributed by atoms with Crippen LogP contribution in [-0.4, -0.2) is 31.8 Å². The Labute approximate surface area is 119 Å². The minimum atomic E-state index is -1.18. The third kappa shape index (κ3) is 3.56. The highest BCUT2D eigenvalue weighted by Crippen LogP contribution is 2.22. The van der Waals surface area contributed by atoms with E-state index in [2.05, 4.69) is 0 Å². The zero-order valence-electron chi connectivity index (χ0n) is 11.6. The Kier molecular flexibility index (Phi) is 5.11. The molecular weight excluding hydrogens is 256 g/mol. The van der Waals surface area contributed by atoms with Crippen molar-refractivity contribution in [1.29, 1.82) is 0 Å². The molecule has 4 N–H and O–H groups in total. The maximum Gasteiger partial charge on any atom is 0.242 e. The van der Waals surface area contributed by atoms with Gasteiger partial charge in [0, 0.05) is 19.6 Å². The standard InChI is InChI=1S/C15H22N2O3/c16-14(18)15(17,12-5-2-1-3-6-12)8-10-19-11-13-7-4-9-20-13/h1-3,5-6,13H,4,7-11,17H2,(H2,16,18). The van der Waals surface area contributed by atoms with Gasteiger partial charge in [-0.3, -0.25) is 4.79 Å². The Hall–Kier alpha value is -1.43. The van der Waals surface area contributed by atoms with Crippen LogP contribution in [0.25, 0.3) is 0 Å². The molecule has 1 saturated heterocycles. The molecule has 1 fully saturated rings. The number of benzene rings is 1. The van der Waals surface area contributed by atoms with Crippen molar-refractivity contribution in [3.8, 4) is 0 Å². The van der Waals surface area contributed by atoms with E-state index in [4.69, 9.17) is 20.9 Å². The van der Waals surface area contributed by atoms with Crippen molar-refractivity contribution in [3.05, 3.63) is 35.9 Å². The molecule has 1 aliphatic heterocycles. The van der Waals surface area contributed by atoms with Crippen molar-refractivity contribution in [2.45, 2.75) is 30.9 Å². The van der Waals surface area contributed by atoms with Crippen LogP contribution in [0.2, 0.25) is 0 Å². The normalized spacial score (nSPS) is 21.6. The number of hydrogen-bond donors (Lipinski definition) is 2. The van der Waals surface area contributed by atoms with Gasteiger partial charge in [-0.25, -0.2) is 0 Å². The molecular formula is C15H22N2O3. The minimum absolute atomic E-state index is 0.174. The summed E-state index contributed by atoms with van der Waals surface area (Å²) in [6, 6.07) is 9.18. The average Bonchev–Trinajstić information content (AvgIpc) is 2.97. The molecule has 0 saturated carbocycles. The number of rotatable bonds is 7. The number of carbonyl (C=O) groups excluding carboxylic acids is 1. The Balaban J connectivity index is 1.87. The molecule has 2 atom stereocenters. The molecule has 0 radical (unpaired) electrons. The van der Waals surface area contributed by atoms with Crippen LogP contribution in [0.5, 0.6) is 0 Å². The van der Waals surface area contributed by atoms with E-state index in [9.17, 15) is 4.79 Å². The first kappa shape index (κ1) is 15.0. The zero-order chi connectivity index (χ0) is 14.4. The molecule has 1 aromatic rings. The van der Waals surface area contributed by atoms with Gasteiger partial charge in [-0.15, -0.1) is 0 Å². The van der Waals surface area contributed by atoms with E-state index in [-0.39, 0.29) is 6.10 Å². The predicted octanol–water partition coefficient (Wildman–Crippen LogP) is 0.912. The first-order valence-corrected chi connectivity index (χ1v) is 6.96. The molecule has 1 aliphatic rings. The van der Waals surface area contributed by atoms with E-state index in [1.54, 1.807) is 0 Å². The van der Waals surface area contributed by atoms with E-state index in [1.165, 1.54) is 0 Å². The lowest BCUT2D eigenvalue weighted by molar-refractivity contribution is -0.124. The summed E-state index contributed by atoms with van der Waals surface area (Å²) in [6.07, 6.45) is 2.65. The molecule has 0 spiro atoms. The Bertz CT molecular complexity index is 432. The molecule has 20 heavy (non-hydrogen) atoms. The SMILES string of the molecule is NC(=O)C(N)(CCOCC1CCCO1)c1ccccc1. The second-order valence-electron chi connectivity index (χ2n) is 5.16. The molecule has 5 nitrogen and oxygen atoms in total. The predicted molar refractivity (Wildman–Crippen MR) is 75.9 cm³/mol. The Morgan fingerprint density at radius 3 is 2.75 bits per heavy atom. The maximum atomic E-state index is 11.7. The topological polar surface area (TPSA) is 87.6 Å². The van der Waals surface area contributed by atoms with Gasteiger partial charge >= 0.3 is 0 Å². The molecule has 0 aromatic heterocycles. The first-order chi connectivity index (χ1) is 9.63. The van der Waals surface area contributed by atoms with Crippen molar-refractivity contribution < 1.29 is 14.3 Å². The summed E-state index contributed by atoms with van der Waals surface area (Å²) in [7, 11) is 0. The minimum Gasteiger partial charge on any atom is -0.379 e. The Morgan fingerprint density at radius 2 is 2.15 bits per heavy atom. The molecule has 110 valence electrons. The highest BCUT2D eigenvalue weighted by atomic mass is 16.5. The summed E-state index contributed by atoms with van der Waals surface area (Å²) in [5.74, 6) is -0.538. The first-order valence-electron chi connectivity index (χ1n) is 6.96. The average molecular weight is 278 g/mol. The summed E-state index contributed by atoms with van der Waals surface area (Å²) in [5, 5.41) is 0. The highest BCUT2D eigenvalue weighted by molar-refractivity contribution is 5.85. The molecule has 5 heteroatoms. The van der Waals surface area contributed by atoms with E-state index < -0.39 is 11.4 Å². The highest BCUT2D eigenvalue weighted by Gasteiger charge is 2.33. The fourth-order valence-electron chi connectivity index (χ4n) is 2.37. The van der Waals surface area contributed by atoms with Crippen molar-refractivity contribution >= 4 is 5.91 Å². The van der Waals surface area contributed by atoms with Crippen LogP contribution >= 0.6 is 0 Å². The number of amides is 1. The van der Waals surface area contributed by atoms with Gasteiger partial charge in [0.05, 0.1) is 12.7 Å². The van der Waals surface area contributed by atoms with E-state index >= 15 is 0 Å². The fraction of sp³-hybridized carbons (Fsp3) is 0.533. The van der Waals surface area contributed by atoms with Crippen molar-refractivity contribution in [2.75, 3.05) is 19.8 Å². The molecule has 1 heterocycles. The van der Waals surface area contributed by atoms with E-state index in [0.717, 1.165) is 19.4 Å². The van der Waals surface area contributed by atoms with Gasteiger partial charge in [-0.05, 0) is 18.4 Å². The molecule has 2 unspecified atom stereocenters. The summed E-state index contributed by atoms with van der Waals surface area (Å²) in [6.45, 7) is 1.73. The van der Waals surface area contributed by atoms with Gasteiger partial charge in [0.2, 0.25) is 5.91 Å². The van der Waals surface area contributed by atoms with Crippen LogP contribution in [0.3, 0.4) is 0 Å². The van der Waals surface area contributed by atoms with Crippen LogP contribution in [0.1, 0.15) is 24.8 Å². The van der Waals surface area contributed by atoms with Gasteiger partial charge in [-0.2, -0.15) is 0 Å². The van der Waals surface area contributed by atoms with Crippen LogP contribution in [0.15, 0.2) is 30.3 Å². The number of hydrogen-bond acceptors (Lipinski definition) is 4. The second-order valence-corrected chi connectivity index (χ2v) is 5.16. The summed E-state index contributed by atoms with van der Waals surface area (Å²) >= 11 is 0. The van der Waals surface area contributed by atoms with Crippen molar-refractivity contribution in [2.24, 2.45) is 11.5 Å². The zero-order valence-corrected chi connectivity index (χ0v) is 11.6. The van der Waals surface area contributed by atoms with Gasteiger partial charge in [0.15, 0.2) is 0 Å². The fourth-order valence-corrected chi connectivity index (χ4v) is 2.37. The van der Waals surface area contributed by atoms with Gasteiger partial charge in [0.25, 0.3) is 0 Å². The molecule has 0 bridgehead atoms. The number of carbonyl (C=O) groups is 1. The monoisotopic (exact) mass is 278 g/mol. The molecule has 1 aromatic carbocycles. The lowest BCUT2D eigenvalue weighted by Gasteiger charge is -2.26. The largest absolute Gasteiger partial charge is 0.379 e. The van der Waals surface area contributed by atoms with Gasteiger partial charge < -0.3 is 20.9 Å². The molecule has 1 amide bonds. The summed E-state index contributed by atoms with van der Waals surface area (Å²) in [4.78, 5) is 11.7. The van der Waals surface area contributed by atoms with Crippen LogP contribution in [0, 0.1) is 0 Å². The molecule has 2 rings (SSSR count). The third-order valence-corrected chi connectivity index (χ3v) is 3.70. The number of nitrogens with two attached hydrogens (primary N) is 2. The lowest BCUT2D eigenvalue weighted by Crippen LogP contribution is -2.49. The third-order valence-electron chi connectivity index (χ3n) is 3.70. The maximum absolute atomic E-state index is 11.7. The summed E-state index contributed by atoms with van der Waals surface area (Å²) < 4.78 is 11.0. The smallest absolute Gasteiger partial charge is 0.242 e.